The molecule has 0 spiro atoms. The molecular formula is C21H19N3O2S. The fraction of sp³-hybridized carbons (Fsp3) is 0.0952. The van der Waals surface area contributed by atoms with Gasteiger partial charge in [0.25, 0.3) is 10.0 Å². The number of hydrogen-bond donors (Lipinski definition) is 1. The van der Waals surface area contributed by atoms with Crippen LogP contribution in [0.4, 0.5) is 11.4 Å². The fourth-order valence-corrected chi connectivity index (χ4v) is 4.56. The monoisotopic (exact) mass is 377 g/mol. The Kier molecular flexibility index (Phi) is 4.20. The molecule has 0 saturated heterocycles. The van der Waals surface area contributed by atoms with Crippen LogP contribution in [0.2, 0.25) is 0 Å². The molecule has 0 radical (unpaired) electrons. The van der Waals surface area contributed by atoms with Crippen LogP contribution in [0.5, 0.6) is 0 Å². The van der Waals surface area contributed by atoms with E-state index in [1.165, 1.54) is 0 Å². The lowest BCUT2D eigenvalue weighted by Crippen LogP contribution is -2.14. The molecule has 1 heterocycles. The minimum atomic E-state index is -3.78. The number of nitrogens with one attached hydrogen (secondary N) is 1. The second kappa shape index (κ2) is 6.55. The van der Waals surface area contributed by atoms with E-state index in [-0.39, 0.29) is 4.90 Å². The standard InChI is InChI=1S/C21H19N3O2S/c1-24(2)19-12-4-10-17-16(19)9-5-13-20(17)27(25,26)23-18-11-3-7-15-8-6-14-22-21(15)18/h3-14,23H,1-2H3. The molecule has 0 amide bonds. The van der Waals surface area contributed by atoms with Gasteiger partial charge in [0, 0.05) is 42.1 Å². The summed E-state index contributed by atoms with van der Waals surface area (Å²) in [6, 6.07) is 20.2. The predicted octanol–water partition coefficient (Wildman–Crippen LogP) is 4.25. The molecule has 0 atom stereocenters. The van der Waals surface area contributed by atoms with Crippen molar-refractivity contribution in [1.29, 1.82) is 0 Å². The molecule has 136 valence electrons. The number of benzene rings is 3. The SMILES string of the molecule is CN(C)c1cccc2c(S(=O)(=O)Nc3cccc4cccnc34)cccc12. The highest BCUT2D eigenvalue weighted by molar-refractivity contribution is 7.93. The van der Waals surface area contributed by atoms with E-state index in [1.807, 2.05) is 67.5 Å². The van der Waals surface area contributed by atoms with Crippen LogP contribution in [0.3, 0.4) is 0 Å². The van der Waals surface area contributed by atoms with Crippen molar-refractivity contribution in [2.75, 3.05) is 23.7 Å². The Morgan fingerprint density at radius 3 is 2.37 bits per heavy atom. The normalized spacial score (nSPS) is 11.6. The number of pyridine rings is 1. The van der Waals surface area contributed by atoms with Crippen molar-refractivity contribution in [3.05, 3.63) is 72.9 Å². The average Bonchev–Trinajstić information content (AvgIpc) is 2.67. The number of fused-ring (bicyclic) bond motifs is 2. The molecule has 1 N–H and O–H groups in total. The lowest BCUT2D eigenvalue weighted by atomic mass is 10.1. The first-order valence-electron chi connectivity index (χ1n) is 8.53. The minimum Gasteiger partial charge on any atom is -0.377 e. The summed E-state index contributed by atoms with van der Waals surface area (Å²) in [7, 11) is 0.0985. The summed E-state index contributed by atoms with van der Waals surface area (Å²) in [5, 5.41) is 2.45. The van der Waals surface area contributed by atoms with Gasteiger partial charge in [-0.3, -0.25) is 9.71 Å². The van der Waals surface area contributed by atoms with Crippen LogP contribution in [-0.4, -0.2) is 27.5 Å². The molecule has 4 aromatic rings. The van der Waals surface area contributed by atoms with Gasteiger partial charge >= 0.3 is 0 Å². The maximum absolute atomic E-state index is 13.2. The molecule has 0 saturated carbocycles. The molecule has 0 bridgehead atoms. The predicted molar refractivity (Wildman–Crippen MR) is 111 cm³/mol. The molecule has 5 nitrogen and oxygen atoms in total. The van der Waals surface area contributed by atoms with Crippen LogP contribution in [0.25, 0.3) is 21.7 Å². The van der Waals surface area contributed by atoms with Crippen molar-refractivity contribution in [3.8, 4) is 0 Å². The van der Waals surface area contributed by atoms with Gasteiger partial charge in [0.2, 0.25) is 0 Å². The van der Waals surface area contributed by atoms with E-state index < -0.39 is 10.0 Å². The highest BCUT2D eigenvalue weighted by atomic mass is 32.2. The van der Waals surface area contributed by atoms with Crippen LogP contribution in [-0.2, 0) is 10.0 Å². The van der Waals surface area contributed by atoms with Gasteiger partial charge in [-0.2, -0.15) is 0 Å². The summed E-state index contributed by atoms with van der Waals surface area (Å²) < 4.78 is 29.1. The number of rotatable bonds is 4. The molecule has 0 aliphatic heterocycles. The largest absolute Gasteiger partial charge is 0.377 e. The third-order valence-corrected chi connectivity index (χ3v) is 5.93. The van der Waals surface area contributed by atoms with Gasteiger partial charge in [-0.05, 0) is 24.3 Å². The van der Waals surface area contributed by atoms with Crippen LogP contribution >= 0.6 is 0 Å². The first-order valence-corrected chi connectivity index (χ1v) is 10.0. The van der Waals surface area contributed by atoms with Gasteiger partial charge in [-0.1, -0.05) is 42.5 Å². The summed E-state index contributed by atoms with van der Waals surface area (Å²) >= 11 is 0. The topological polar surface area (TPSA) is 62.3 Å². The summed E-state index contributed by atoms with van der Waals surface area (Å²) in [5.74, 6) is 0. The minimum absolute atomic E-state index is 0.247. The molecule has 0 aliphatic carbocycles. The van der Waals surface area contributed by atoms with Crippen LogP contribution < -0.4 is 9.62 Å². The Labute approximate surface area is 158 Å². The zero-order valence-electron chi connectivity index (χ0n) is 15.0. The van der Waals surface area contributed by atoms with Gasteiger partial charge in [-0.25, -0.2) is 8.42 Å². The zero-order valence-corrected chi connectivity index (χ0v) is 15.9. The van der Waals surface area contributed by atoms with E-state index in [4.69, 9.17) is 0 Å². The van der Waals surface area contributed by atoms with Crippen LogP contribution in [0, 0.1) is 0 Å². The van der Waals surface area contributed by atoms with Crippen molar-refractivity contribution < 1.29 is 8.42 Å². The van der Waals surface area contributed by atoms with Gasteiger partial charge < -0.3 is 4.90 Å². The lowest BCUT2D eigenvalue weighted by Gasteiger charge is -2.17. The molecule has 0 fully saturated rings. The maximum Gasteiger partial charge on any atom is 0.262 e. The first kappa shape index (κ1) is 17.3. The first-order chi connectivity index (χ1) is 13.0. The summed E-state index contributed by atoms with van der Waals surface area (Å²) in [6.45, 7) is 0. The molecule has 0 aliphatic rings. The van der Waals surface area contributed by atoms with Crippen molar-refractivity contribution in [2.24, 2.45) is 0 Å². The van der Waals surface area contributed by atoms with Crippen molar-refractivity contribution in [2.45, 2.75) is 4.90 Å². The second-order valence-corrected chi connectivity index (χ2v) is 8.16. The highest BCUT2D eigenvalue weighted by Gasteiger charge is 2.19. The van der Waals surface area contributed by atoms with Gasteiger partial charge in [0.05, 0.1) is 16.1 Å². The maximum atomic E-state index is 13.2. The smallest absolute Gasteiger partial charge is 0.262 e. The quantitative estimate of drug-likeness (QED) is 0.577. The van der Waals surface area contributed by atoms with Gasteiger partial charge in [0.15, 0.2) is 0 Å². The Hall–Kier alpha value is -3.12. The molecule has 27 heavy (non-hydrogen) atoms. The average molecular weight is 377 g/mol. The molecular weight excluding hydrogens is 358 g/mol. The summed E-state index contributed by atoms with van der Waals surface area (Å²) in [6.07, 6.45) is 1.65. The van der Waals surface area contributed by atoms with Crippen molar-refractivity contribution >= 4 is 43.1 Å². The van der Waals surface area contributed by atoms with E-state index in [9.17, 15) is 8.42 Å². The Balaban J connectivity index is 1.86. The number of para-hydroxylation sites is 1. The van der Waals surface area contributed by atoms with Crippen molar-refractivity contribution in [1.82, 2.24) is 4.98 Å². The summed E-state index contributed by atoms with van der Waals surface area (Å²) in [4.78, 5) is 6.54. The lowest BCUT2D eigenvalue weighted by molar-refractivity contribution is 0.602. The van der Waals surface area contributed by atoms with Crippen LogP contribution in [0.1, 0.15) is 0 Å². The molecule has 4 rings (SSSR count). The highest BCUT2D eigenvalue weighted by Crippen LogP contribution is 2.32. The number of anilines is 2. The number of nitrogens with zero attached hydrogens (tertiary/aromatic N) is 2. The number of aromatic nitrogens is 1. The van der Waals surface area contributed by atoms with E-state index in [0.29, 0.717) is 16.6 Å². The third kappa shape index (κ3) is 3.08. The third-order valence-electron chi connectivity index (χ3n) is 4.51. The van der Waals surface area contributed by atoms with Crippen molar-refractivity contribution in [3.63, 3.8) is 0 Å². The van der Waals surface area contributed by atoms with E-state index in [1.54, 1.807) is 24.4 Å². The summed E-state index contributed by atoms with van der Waals surface area (Å²) in [5.41, 5.74) is 2.06. The number of hydrogen-bond acceptors (Lipinski definition) is 4. The second-order valence-electron chi connectivity index (χ2n) is 6.51. The van der Waals surface area contributed by atoms with E-state index in [0.717, 1.165) is 16.5 Å². The van der Waals surface area contributed by atoms with Gasteiger partial charge in [-0.15, -0.1) is 0 Å². The molecule has 3 aromatic carbocycles. The van der Waals surface area contributed by atoms with Gasteiger partial charge in [0.1, 0.15) is 0 Å². The molecule has 1 aromatic heterocycles. The molecule has 0 unspecified atom stereocenters. The fourth-order valence-electron chi connectivity index (χ4n) is 3.28. The van der Waals surface area contributed by atoms with E-state index >= 15 is 0 Å². The van der Waals surface area contributed by atoms with Crippen LogP contribution in [0.15, 0.2) is 77.8 Å². The molecule has 6 heteroatoms. The number of sulfonamides is 1. The van der Waals surface area contributed by atoms with E-state index in [2.05, 4.69) is 9.71 Å². The Bertz CT molecular complexity index is 1250. The Morgan fingerprint density at radius 2 is 1.56 bits per heavy atom. The Morgan fingerprint density at radius 1 is 0.852 bits per heavy atom. The zero-order chi connectivity index (χ0) is 19.0.